The number of carbonyl (C=O) groups is 1. The number of nitrogens with one attached hydrogen (secondary N) is 1. The Morgan fingerprint density at radius 1 is 1.08 bits per heavy atom. The van der Waals surface area contributed by atoms with Gasteiger partial charge in [0, 0.05) is 35.9 Å². The SMILES string of the molecule is NC(=O)c1cccc(-c2cnc(N[C@@H]3CCCC[C@H]3C[C@H]3CCCN(c4ccc(C(F)(F)F)cc4)C3)o2)c1. The molecule has 1 amide bonds. The lowest BCUT2D eigenvalue weighted by Crippen LogP contribution is -2.39. The second-order valence-electron chi connectivity index (χ2n) is 10.5. The maximum atomic E-state index is 13.0. The predicted octanol–water partition coefficient (Wildman–Crippen LogP) is 6.74. The van der Waals surface area contributed by atoms with Crippen molar-refractivity contribution in [2.75, 3.05) is 23.3 Å². The van der Waals surface area contributed by atoms with Crippen LogP contribution in [0.3, 0.4) is 0 Å². The van der Waals surface area contributed by atoms with Crippen molar-refractivity contribution in [2.45, 2.75) is 57.2 Å². The number of aromatic nitrogens is 1. The zero-order valence-corrected chi connectivity index (χ0v) is 21.2. The third-order valence-corrected chi connectivity index (χ3v) is 7.87. The van der Waals surface area contributed by atoms with E-state index in [4.69, 9.17) is 10.2 Å². The van der Waals surface area contributed by atoms with Crippen molar-refractivity contribution in [3.8, 4) is 11.3 Å². The van der Waals surface area contributed by atoms with Gasteiger partial charge in [-0.25, -0.2) is 4.98 Å². The summed E-state index contributed by atoms with van der Waals surface area (Å²) in [5.41, 5.74) is 6.81. The summed E-state index contributed by atoms with van der Waals surface area (Å²) in [5.74, 6) is 1.03. The number of halogens is 3. The molecule has 38 heavy (non-hydrogen) atoms. The zero-order valence-electron chi connectivity index (χ0n) is 21.2. The Kier molecular flexibility index (Phi) is 7.63. The fourth-order valence-electron chi connectivity index (χ4n) is 5.92. The lowest BCUT2D eigenvalue weighted by Gasteiger charge is -2.39. The van der Waals surface area contributed by atoms with Crippen molar-refractivity contribution in [3.05, 3.63) is 65.9 Å². The van der Waals surface area contributed by atoms with Gasteiger partial charge in [-0.2, -0.15) is 13.2 Å². The zero-order chi connectivity index (χ0) is 26.7. The number of carbonyl (C=O) groups excluding carboxylic acids is 1. The second kappa shape index (κ2) is 11.1. The molecule has 6 nitrogen and oxygen atoms in total. The Bertz CT molecular complexity index is 1240. The Morgan fingerprint density at radius 3 is 2.63 bits per heavy atom. The molecular formula is C29H33F3N4O2. The van der Waals surface area contributed by atoms with E-state index in [2.05, 4.69) is 15.2 Å². The molecule has 202 valence electrons. The van der Waals surface area contributed by atoms with Crippen LogP contribution in [0.4, 0.5) is 24.9 Å². The van der Waals surface area contributed by atoms with Gasteiger partial charge in [-0.15, -0.1) is 0 Å². The molecule has 5 rings (SSSR count). The number of nitrogens with zero attached hydrogens (tertiary/aromatic N) is 2. The van der Waals surface area contributed by atoms with E-state index in [1.807, 2.05) is 6.07 Å². The molecule has 2 heterocycles. The largest absolute Gasteiger partial charge is 0.424 e. The molecule has 0 spiro atoms. The van der Waals surface area contributed by atoms with Gasteiger partial charge in [0.05, 0.1) is 11.8 Å². The summed E-state index contributed by atoms with van der Waals surface area (Å²) in [4.78, 5) is 18.2. The van der Waals surface area contributed by atoms with Gasteiger partial charge in [-0.1, -0.05) is 25.0 Å². The van der Waals surface area contributed by atoms with Gasteiger partial charge in [0.1, 0.15) is 0 Å². The maximum Gasteiger partial charge on any atom is 0.416 e. The fraction of sp³-hybridized carbons (Fsp3) is 0.448. The van der Waals surface area contributed by atoms with E-state index >= 15 is 0 Å². The highest BCUT2D eigenvalue weighted by Crippen LogP contribution is 2.36. The number of anilines is 2. The van der Waals surface area contributed by atoms with Crippen LogP contribution < -0.4 is 16.0 Å². The first-order valence-corrected chi connectivity index (χ1v) is 13.3. The summed E-state index contributed by atoms with van der Waals surface area (Å²) in [6, 6.07) is 13.2. The number of hydrogen-bond acceptors (Lipinski definition) is 5. The van der Waals surface area contributed by atoms with Gasteiger partial charge in [-0.05, 0) is 80.3 Å². The molecular weight excluding hydrogens is 493 g/mol. The molecule has 2 aromatic carbocycles. The van der Waals surface area contributed by atoms with Crippen LogP contribution in [-0.2, 0) is 6.18 Å². The van der Waals surface area contributed by atoms with Crippen molar-refractivity contribution in [1.82, 2.24) is 4.98 Å². The first-order valence-electron chi connectivity index (χ1n) is 13.3. The van der Waals surface area contributed by atoms with Gasteiger partial charge in [0.25, 0.3) is 6.01 Å². The minimum Gasteiger partial charge on any atom is -0.424 e. The van der Waals surface area contributed by atoms with E-state index < -0.39 is 17.6 Å². The van der Waals surface area contributed by atoms with Crippen LogP contribution in [0.5, 0.6) is 0 Å². The Balaban J connectivity index is 1.22. The summed E-state index contributed by atoms with van der Waals surface area (Å²) in [5, 5.41) is 3.52. The number of oxazole rings is 1. The first-order chi connectivity index (χ1) is 18.3. The quantitative estimate of drug-likeness (QED) is 0.356. The van der Waals surface area contributed by atoms with Crippen LogP contribution in [0.15, 0.2) is 59.1 Å². The Hall–Kier alpha value is -3.49. The molecule has 2 fully saturated rings. The van der Waals surface area contributed by atoms with Gasteiger partial charge >= 0.3 is 6.18 Å². The smallest absolute Gasteiger partial charge is 0.416 e. The summed E-state index contributed by atoms with van der Waals surface area (Å²) >= 11 is 0. The standard InChI is InChI=1S/C29H33F3N4O2/c30-29(31,32)23-10-12-24(13-11-23)36-14-4-5-19(18-36)15-20-6-1-2-9-25(20)35-28-34-17-26(38-28)21-7-3-8-22(16-21)27(33)37/h3,7-8,10-13,16-17,19-20,25H,1-2,4-6,9,14-15,18H2,(H2,33,37)(H,34,35)/t19-,20+,25-/m1/s1. The monoisotopic (exact) mass is 526 g/mol. The van der Waals surface area contributed by atoms with Crippen molar-refractivity contribution >= 4 is 17.6 Å². The molecule has 1 saturated carbocycles. The molecule has 0 radical (unpaired) electrons. The Labute approximate surface area is 220 Å². The lowest BCUT2D eigenvalue weighted by atomic mass is 9.77. The van der Waals surface area contributed by atoms with Crippen molar-refractivity contribution in [1.29, 1.82) is 0 Å². The van der Waals surface area contributed by atoms with E-state index in [9.17, 15) is 18.0 Å². The number of piperidine rings is 1. The normalized spacial score (nSPS) is 22.3. The highest BCUT2D eigenvalue weighted by atomic mass is 19.4. The second-order valence-corrected chi connectivity index (χ2v) is 10.5. The van der Waals surface area contributed by atoms with E-state index in [-0.39, 0.29) is 6.04 Å². The minimum atomic E-state index is -4.32. The van der Waals surface area contributed by atoms with Crippen LogP contribution in [0, 0.1) is 11.8 Å². The van der Waals surface area contributed by atoms with Crippen LogP contribution in [0.1, 0.15) is 60.9 Å². The average molecular weight is 527 g/mol. The van der Waals surface area contributed by atoms with Crippen LogP contribution in [-0.4, -0.2) is 30.0 Å². The summed E-state index contributed by atoms with van der Waals surface area (Å²) < 4.78 is 44.9. The van der Waals surface area contributed by atoms with E-state index in [1.165, 1.54) is 18.6 Å². The molecule has 1 aliphatic heterocycles. The fourth-order valence-corrected chi connectivity index (χ4v) is 5.92. The summed E-state index contributed by atoms with van der Waals surface area (Å²) in [7, 11) is 0. The predicted molar refractivity (Wildman–Crippen MR) is 141 cm³/mol. The van der Waals surface area contributed by atoms with Gasteiger partial charge in [0.2, 0.25) is 5.91 Å². The highest BCUT2D eigenvalue weighted by molar-refractivity contribution is 5.93. The van der Waals surface area contributed by atoms with Gasteiger partial charge in [-0.3, -0.25) is 4.79 Å². The average Bonchev–Trinajstić information content (AvgIpc) is 3.38. The van der Waals surface area contributed by atoms with E-state index in [1.54, 1.807) is 36.5 Å². The van der Waals surface area contributed by atoms with Crippen molar-refractivity contribution < 1.29 is 22.4 Å². The van der Waals surface area contributed by atoms with Gasteiger partial charge < -0.3 is 20.4 Å². The summed E-state index contributed by atoms with van der Waals surface area (Å²) in [6.45, 7) is 1.72. The topological polar surface area (TPSA) is 84.4 Å². The number of benzene rings is 2. The van der Waals surface area contributed by atoms with Crippen molar-refractivity contribution in [2.24, 2.45) is 17.6 Å². The number of primary amides is 1. The van der Waals surface area contributed by atoms with Crippen LogP contribution in [0.25, 0.3) is 11.3 Å². The van der Waals surface area contributed by atoms with Crippen LogP contribution in [0.2, 0.25) is 0 Å². The molecule has 3 aromatic rings. The Morgan fingerprint density at radius 2 is 1.87 bits per heavy atom. The molecule has 3 atom stereocenters. The molecule has 3 N–H and O–H groups in total. The lowest BCUT2D eigenvalue weighted by molar-refractivity contribution is -0.137. The summed E-state index contributed by atoms with van der Waals surface area (Å²) in [6.07, 6.45) is 5.05. The number of rotatable bonds is 7. The molecule has 0 unspecified atom stereocenters. The maximum absolute atomic E-state index is 13.0. The van der Waals surface area contributed by atoms with Gasteiger partial charge in [0.15, 0.2) is 5.76 Å². The third kappa shape index (κ3) is 6.14. The molecule has 9 heteroatoms. The number of nitrogens with two attached hydrogens (primary N) is 1. The van der Waals surface area contributed by atoms with E-state index in [0.717, 1.165) is 62.9 Å². The molecule has 2 aliphatic rings. The first kappa shape index (κ1) is 26.1. The molecule has 1 saturated heterocycles. The third-order valence-electron chi connectivity index (χ3n) is 7.87. The number of amides is 1. The van der Waals surface area contributed by atoms with Crippen molar-refractivity contribution in [3.63, 3.8) is 0 Å². The number of hydrogen-bond donors (Lipinski definition) is 2. The van der Waals surface area contributed by atoms with Crippen LogP contribution >= 0.6 is 0 Å². The minimum absolute atomic E-state index is 0.244. The highest BCUT2D eigenvalue weighted by Gasteiger charge is 2.32. The van der Waals surface area contributed by atoms with E-state index in [0.29, 0.717) is 29.2 Å². The molecule has 1 aromatic heterocycles. The number of alkyl halides is 3. The molecule has 0 bridgehead atoms. The molecule has 1 aliphatic carbocycles.